The normalized spacial score (nSPS) is 19.3. The summed E-state index contributed by atoms with van der Waals surface area (Å²) < 4.78 is 5.45. The highest BCUT2D eigenvalue weighted by molar-refractivity contribution is 5.95. The average Bonchev–Trinajstić information content (AvgIpc) is 2.85. The maximum absolute atomic E-state index is 13.2. The Bertz CT molecular complexity index is 975. The summed E-state index contributed by atoms with van der Waals surface area (Å²) in [4.78, 5) is 44.0. The van der Waals surface area contributed by atoms with Crippen LogP contribution in [-0.4, -0.2) is 85.7 Å². The molecule has 1 atom stereocenters. The summed E-state index contributed by atoms with van der Waals surface area (Å²) in [7, 11) is 1.68. The number of carbonyl (C=O) groups excluding carboxylic acids is 3. The lowest BCUT2D eigenvalue weighted by atomic mass is 9.85. The van der Waals surface area contributed by atoms with Crippen LogP contribution in [-0.2, 0) is 14.9 Å². The van der Waals surface area contributed by atoms with Gasteiger partial charge in [0.05, 0.1) is 18.2 Å². The van der Waals surface area contributed by atoms with Crippen LogP contribution in [0.3, 0.4) is 0 Å². The topological polar surface area (TPSA) is 94.2 Å². The molecule has 2 aliphatic rings. The Morgan fingerprint density at radius 3 is 2.28 bits per heavy atom. The standard InChI is InChI=1S/C27H41N5O4/c1-7-13-28-25(34)32-16-14-31(15-17-32)18-21-22(24(33)36-8-2)23(29-26(35)30(21)6)19-9-11-20(12-10-19)27(3,4)5/h9-12,23H,7-8,13-18H2,1-6H3,(H,28,34)(H,29,35)/t23-/m0/s1. The molecule has 2 aliphatic heterocycles. The molecule has 36 heavy (non-hydrogen) atoms. The zero-order chi connectivity index (χ0) is 26.5. The average molecular weight is 500 g/mol. The number of nitrogens with zero attached hydrogens (tertiary/aromatic N) is 3. The van der Waals surface area contributed by atoms with Crippen LogP contribution in [0.15, 0.2) is 35.5 Å². The summed E-state index contributed by atoms with van der Waals surface area (Å²) in [6.45, 7) is 14.0. The van der Waals surface area contributed by atoms with Gasteiger partial charge >= 0.3 is 18.0 Å². The maximum atomic E-state index is 13.2. The van der Waals surface area contributed by atoms with Crippen LogP contribution in [0.1, 0.15) is 58.2 Å². The number of likely N-dealkylation sites (N-methyl/N-ethyl adjacent to an activating group) is 1. The minimum absolute atomic E-state index is 0.00484. The number of ether oxygens (including phenoxy) is 1. The summed E-state index contributed by atoms with van der Waals surface area (Å²) in [5.41, 5.74) is 3.09. The van der Waals surface area contributed by atoms with Crippen molar-refractivity contribution in [2.45, 2.75) is 52.5 Å². The van der Waals surface area contributed by atoms with Crippen molar-refractivity contribution in [3.05, 3.63) is 46.7 Å². The van der Waals surface area contributed by atoms with E-state index < -0.39 is 12.0 Å². The Morgan fingerprint density at radius 1 is 1.08 bits per heavy atom. The Labute approximate surface area is 214 Å². The molecule has 0 aliphatic carbocycles. The highest BCUT2D eigenvalue weighted by Gasteiger charge is 2.38. The molecule has 2 N–H and O–H groups in total. The second-order valence-corrected chi connectivity index (χ2v) is 10.4. The molecule has 9 nitrogen and oxygen atoms in total. The van der Waals surface area contributed by atoms with Crippen LogP contribution in [0.4, 0.5) is 9.59 Å². The monoisotopic (exact) mass is 499 g/mol. The molecule has 1 aromatic carbocycles. The van der Waals surface area contributed by atoms with Crippen molar-refractivity contribution in [2.75, 3.05) is 52.9 Å². The van der Waals surface area contributed by atoms with E-state index in [4.69, 9.17) is 4.74 Å². The second kappa shape index (κ2) is 11.8. The van der Waals surface area contributed by atoms with Crippen LogP contribution in [0.25, 0.3) is 0 Å². The highest BCUT2D eigenvalue weighted by Crippen LogP contribution is 2.33. The van der Waals surface area contributed by atoms with Crippen LogP contribution < -0.4 is 10.6 Å². The fourth-order valence-corrected chi connectivity index (χ4v) is 4.49. The van der Waals surface area contributed by atoms with Crippen LogP contribution >= 0.6 is 0 Å². The van der Waals surface area contributed by atoms with Crippen molar-refractivity contribution < 1.29 is 19.1 Å². The number of hydrogen-bond donors (Lipinski definition) is 2. The van der Waals surface area contributed by atoms with Gasteiger partial charge in [-0.2, -0.15) is 0 Å². The predicted molar refractivity (Wildman–Crippen MR) is 140 cm³/mol. The Morgan fingerprint density at radius 2 is 1.72 bits per heavy atom. The molecule has 9 heteroatoms. The number of esters is 1. The van der Waals surface area contributed by atoms with E-state index in [2.05, 4.69) is 36.3 Å². The maximum Gasteiger partial charge on any atom is 0.338 e. The highest BCUT2D eigenvalue weighted by atomic mass is 16.5. The third-order valence-electron chi connectivity index (χ3n) is 6.74. The van der Waals surface area contributed by atoms with Crippen LogP contribution in [0.5, 0.6) is 0 Å². The zero-order valence-electron chi connectivity index (χ0n) is 22.5. The number of hydrogen-bond acceptors (Lipinski definition) is 5. The number of rotatable bonds is 7. The van der Waals surface area contributed by atoms with Gasteiger partial charge in [-0.05, 0) is 29.9 Å². The molecule has 0 spiro atoms. The van der Waals surface area contributed by atoms with Crippen molar-refractivity contribution in [1.29, 1.82) is 0 Å². The largest absolute Gasteiger partial charge is 0.463 e. The Hall–Kier alpha value is -3.07. The number of carbonyl (C=O) groups is 3. The molecule has 0 unspecified atom stereocenters. The Kier molecular flexibility index (Phi) is 9.00. The minimum atomic E-state index is -0.599. The van der Waals surface area contributed by atoms with E-state index in [1.54, 1.807) is 14.0 Å². The molecule has 1 aromatic rings. The Balaban J connectivity index is 1.87. The summed E-state index contributed by atoms with van der Waals surface area (Å²) in [5.74, 6) is -0.429. The molecule has 198 valence electrons. The molecule has 3 rings (SSSR count). The van der Waals surface area contributed by atoms with Gasteiger partial charge in [-0.25, -0.2) is 14.4 Å². The van der Waals surface area contributed by atoms with E-state index >= 15 is 0 Å². The summed E-state index contributed by atoms with van der Waals surface area (Å²) in [6.07, 6.45) is 0.894. The van der Waals surface area contributed by atoms with E-state index in [-0.39, 0.29) is 24.1 Å². The van der Waals surface area contributed by atoms with Crippen molar-refractivity contribution in [3.8, 4) is 0 Å². The van der Waals surface area contributed by atoms with Gasteiger partial charge in [0.25, 0.3) is 0 Å². The van der Waals surface area contributed by atoms with Gasteiger partial charge in [0.15, 0.2) is 0 Å². The quantitative estimate of drug-likeness (QED) is 0.562. The molecule has 0 bridgehead atoms. The SMILES string of the molecule is CCCNC(=O)N1CCN(CC2=C(C(=O)OCC)[C@H](c3ccc(C(C)(C)C)cc3)NC(=O)N2C)CC1. The van der Waals surface area contributed by atoms with E-state index in [0.29, 0.717) is 50.5 Å². The number of benzene rings is 1. The smallest absolute Gasteiger partial charge is 0.338 e. The van der Waals surface area contributed by atoms with E-state index in [9.17, 15) is 14.4 Å². The van der Waals surface area contributed by atoms with Gasteiger partial charge in [-0.3, -0.25) is 9.80 Å². The first kappa shape index (κ1) is 27.5. The summed E-state index contributed by atoms with van der Waals surface area (Å²) >= 11 is 0. The second-order valence-electron chi connectivity index (χ2n) is 10.4. The lowest BCUT2D eigenvalue weighted by molar-refractivity contribution is -0.139. The first-order chi connectivity index (χ1) is 17.1. The van der Waals surface area contributed by atoms with Crippen molar-refractivity contribution in [3.63, 3.8) is 0 Å². The summed E-state index contributed by atoms with van der Waals surface area (Å²) in [6, 6.07) is 7.13. The minimum Gasteiger partial charge on any atom is -0.463 e. The zero-order valence-corrected chi connectivity index (χ0v) is 22.5. The summed E-state index contributed by atoms with van der Waals surface area (Å²) in [5, 5.41) is 5.91. The lowest BCUT2D eigenvalue weighted by Gasteiger charge is -2.39. The van der Waals surface area contributed by atoms with E-state index in [1.165, 1.54) is 10.5 Å². The van der Waals surface area contributed by atoms with Gasteiger partial charge in [-0.15, -0.1) is 0 Å². The fourth-order valence-electron chi connectivity index (χ4n) is 4.49. The van der Waals surface area contributed by atoms with Gasteiger partial charge < -0.3 is 20.3 Å². The third-order valence-corrected chi connectivity index (χ3v) is 6.74. The lowest BCUT2D eigenvalue weighted by Crippen LogP contribution is -2.54. The van der Waals surface area contributed by atoms with Crippen molar-refractivity contribution in [2.24, 2.45) is 0 Å². The third kappa shape index (κ3) is 6.37. The predicted octanol–water partition coefficient (Wildman–Crippen LogP) is 3.23. The first-order valence-corrected chi connectivity index (χ1v) is 12.9. The number of urea groups is 2. The molecule has 1 fully saturated rings. The number of piperazine rings is 1. The molecule has 0 aromatic heterocycles. The fraction of sp³-hybridized carbons (Fsp3) is 0.593. The van der Waals surface area contributed by atoms with E-state index in [1.807, 2.05) is 36.1 Å². The van der Waals surface area contributed by atoms with Crippen LogP contribution in [0, 0.1) is 0 Å². The van der Waals surface area contributed by atoms with Gasteiger partial charge in [0.2, 0.25) is 0 Å². The van der Waals surface area contributed by atoms with Crippen LogP contribution in [0.2, 0.25) is 0 Å². The molecule has 2 heterocycles. The molecular formula is C27H41N5O4. The van der Waals surface area contributed by atoms with Gasteiger partial charge in [-0.1, -0.05) is 52.0 Å². The van der Waals surface area contributed by atoms with Crippen molar-refractivity contribution >= 4 is 18.0 Å². The number of amides is 4. The molecular weight excluding hydrogens is 458 g/mol. The van der Waals surface area contributed by atoms with Gasteiger partial charge in [0.1, 0.15) is 0 Å². The van der Waals surface area contributed by atoms with E-state index in [0.717, 1.165) is 12.0 Å². The van der Waals surface area contributed by atoms with Crippen molar-refractivity contribution in [1.82, 2.24) is 25.3 Å². The first-order valence-electron chi connectivity index (χ1n) is 12.9. The molecule has 0 saturated carbocycles. The van der Waals surface area contributed by atoms with Gasteiger partial charge in [0, 0.05) is 52.0 Å². The molecule has 0 radical (unpaired) electrons. The molecule has 1 saturated heterocycles. The molecule has 4 amide bonds. The number of nitrogens with one attached hydrogen (secondary N) is 2.